The van der Waals surface area contributed by atoms with E-state index in [9.17, 15) is 0 Å². The molecule has 1 aliphatic rings. The summed E-state index contributed by atoms with van der Waals surface area (Å²) < 4.78 is 5.74. The summed E-state index contributed by atoms with van der Waals surface area (Å²) in [5.41, 5.74) is 5.84. The molecule has 0 aliphatic carbocycles. The molecular formula is C10H21NO. The van der Waals surface area contributed by atoms with Gasteiger partial charge in [0.2, 0.25) is 0 Å². The average molecular weight is 171 g/mol. The van der Waals surface area contributed by atoms with E-state index in [0.29, 0.717) is 6.10 Å². The minimum atomic E-state index is 0.273. The maximum Gasteiger partial charge on any atom is 0.0626 e. The maximum atomic E-state index is 5.74. The van der Waals surface area contributed by atoms with Crippen LogP contribution in [0, 0.1) is 5.41 Å². The van der Waals surface area contributed by atoms with Gasteiger partial charge in [0.1, 0.15) is 0 Å². The molecule has 72 valence electrons. The van der Waals surface area contributed by atoms with Crippen LogP contribution in [0.5, 0.6) is 0 Å². The molecule has 2 heteroatoms. The molecule has 1 heterocycles. The fourth-order valence-electron chi connectivity index (χ4n) is 1.89. The van der Waals surface area contributed by atoms with Crippen molar-refractivity contribution in [2.45, 2.75) is 45.6 Å². The first-order valence-corrected chi connectivity index (χ1v) is 4.98. The molecular weight excluding hydrogens is 150 g/mol. The van der Waals surface area contributed by atoms with Crippen molar-refractivity contribution < 1.29 is 4.74 Å². The Morgan fingerprint density at radius 2 is 2.17 bits per heavy atom. The second-order valence-electron chi connectivity index (χ2n) is 4.38. The summed E-state index contributed by atoms with van der Waals surface area (Å²) in [6.07, 6.45) is 5.27. The molecule has 1 rings (SSSR count). The highest BCUT2D eigenvalue weighted by Crippen LogP contribution is 2.32. The average Bonchev–Trinajstić information content (AvgIpc) is 2.06. The lowest BCUT2D eigenvalue weighted by Crippen LogP contribution is -2.36. The second-order valence-corrected chi connectivity index (χ2v) is 4.38. The van der Waals surface area contributed by atoms with Gasteiger partial charge in [0.25, 0.3) is 0 Å². The van der Waals surface area contributed by atoms with Crippen LogP contribution in [-0.4, -0.2) is 19.3 Å². The van der Waals surface area contributed by atoms with Gasteiger partial charge >= 0.3 is 0 Å². The van der Waals surface area contributed by atoms with E-state index in [-0.39, 0.29) is 5.41 Å². The molecule has 0 aromatic carbocycles. The molecule has 0 spiro atoms. The molecule has 1 fully saturated rings. The molecule has 12 heavy (non-hydrogen) atoms. The van der Waals surface area contributed by atoms with Gasteiger partial charge in [-0.25, -0.2) is 0 Å². The normalized spacial score (nSPS) is 25.8. The van der Waals surface area contributed by atoms with Crippen LogP contribution >= 0.6 is 0 Å². The second kappa shape index (κ2) is 4.24. The van der Waals surface area contributed by atoms with Crippen molar-refractivity contribution in [1.29, 1.82) is 0 Å². The molecule has 2 N–H and O–H groups in total. The van der Waals surface area contributed by atoms with E-state index < -0.39 is 0 Å². The summed E-state index contributed by atoms with van der Waals surface area (Å²) in [5, 5.41) is 0. The molecule has 1 aliphatic heterocycles. The lowest BCUT2D eigenvalue weighted by molar-refractivity contribution is -0.0567. The molecule has 0 amide bonds. The number of nitrogens with two attached hydrogens (primary N) is 1. The van der Waals surface area contributed by atoms with E-state index in [1.807, 2.05) is 0 Å². The first-order valence-electron chi connectivity index (χ1n) is 4.98. The zero-order valence-electron chi connectivity index (χ0n) is 8.31. The Bertz CT molecular complexity index is 128. The van der Waals surface area contributed by atoms with Gasteiger partial charge in [-0.15, -0.1) is 0 Å². The Balaban J connectivity index is 2.41. The van der Waals surface area contributed by atoms with Gasteiger partial charge in [0.15, 0.2) is 0 Å². The summed E-state index contributed by atoms with van der Waals surface area (Å²) in [4.78, 5) is 0. The topological polar surface area (TPSA) is 35.2 Å². The predicted molar refractivity (Wildman–Crippen MR) is 51.0 cm³/mol. The summed E-state index contributed by atoms with van der Waals surface area (Å²) >= 11 is 0. The van der Waals surface area contributed by atoms with Gasteiger partial charge in [-0.2, -0.15) is 0 Å². The van der Waals surface area contributed by atoms with Crippen LogP contribution in [0.4, 0.5) is 0 Å². The number of ether oxygens (including phenoxy) is 1. The third-order valence-corrected chi connectivity index (χ3v) is 2.84. The Morgan fingerprint density at radius 3 is 2.67 bits per heavy atom. The van der Waals surface area contributed by atoms with E-state index in [1.165, 1.54) is 19.3 Å². The van der Waals surface area contributed by atoms with E-state index in [2.05, 4.69) is 13.8 Å². The molecule has 0 aromatic heterocycles. The number of hydrogen-bond acceptors (Lipinski definition) is 2. The highest BCUT2D eigenvalue weighted by molar-refractivity contribution is 4.81. The van der Waals surface area contributed by atoms with Gasteiger partial charge in [0, 0.05) is 6.61 Å². The van der Waals surface area contributed by atoms with Crippen molar-refractivity contribution in [3.8, 4) is 0 Å². The van der Waals surface area contributed by atoms with Crippen molar-refractivity contribution in [2.75, 3.05) is 13.2 Å². The maximum absolute atomic E-state index is 5.74. The van der Waals surface area contributed by atoms with Gasteiger partial charge in [-0.3, -0.25) is 0 Å². The van der Waals surface area contributed by atoms with Crippen molar-refractivity contribution in [1.82, 2.24) is 0 Å². The Labute approximate surface area is 75.5 Å². The minimum Gasteiger partial charge on any atom is -0.378 e. The standard InChI is InChI=1S/C10H21NO/c1-10(2,6-7-11)9-5-3-4-8-12-9/h9H,3-8,11H2,1-2H3. The van der Waals surface area contributed by atoms with Crippen LogP contribution in [-0.2, 0) is 4.74 Å². The highest BCUT2D eigenvalue weighted by atomic mass is 16.5. The number of hydrogen-bond donors (Lipinski definition) is 1. The third kappa shape index (κ3) is 2.46. The lowest BCUT2D eigenvalue weighted by Gasteiger charge is -2.36. The van der Waals surface area contributed by atoms with Crippen LogP contribution in [0.25, 0.3) is 0 Å². The minimum absolute atomic E-state index is 0.273. The lowest BCUT2D eigenvalue weighted by atomic mass is 9.80. The summed E-state index contributed by atoms with van der Waals surface area (Å²) in [6, 6.07) is 0. The third-order valence-electron chi connectivity index (χ3n) is 2.84. The van der Waals surface area contributed by atoms with Gasteiger partial charge in [-0.1, -0.05) is 13.8 Å². The molecule has 1 atom stereocenters. The molecule has 1 saturated heterocycles. The fourth-order valence-corrected chi connectivity index (χ4v) is 1.89. The van der Waals surface area contributed by atoms with Gasteiger partial charge in [-0.05, 0) is 37.6 Å². The van der Waals surface area contributed by atoms with Crippen LogP contribution < -0.4 is 5.73 Å². The first kappa shape index (κ1) is 10.0. The SMILES string of the molecule is CC(C)(CCN)C1CCCCO1. The Morgan fingerprint density at radius 1 is 1.42 bits per heavy atom. The van der Waals surface area contributed by atoms with Crippen molar-refractivity contribution in [2.24, 2.45) is 11.1 Å². The zero-order valence-corrected chi connectivity index (χ0v) is 8.31. The quantitative estimate of drug-likeness (QED) is 0.704. The molecule has 0 bridgehead atoms. The highest BCUT2D eigenvalue weighted by Gasteiger charge is 2.30. The number of rotatable bonds is 3. The van der Waals surface area contributed by atoms with Crippen LogP contribution in [0.2, 0.25) is 0 Å². The van der Waals surface area contributed by atoms with Gasteiger partial charge < -0.3 is 10.5 Å². The first-order chi connectivity index (χ1) is 5.67. The van der Waals surface area contributed by atoms with Crippen LogP contribution in [0.3, 0.4) is 0 Å². The molecule has 0 aromatic rings. The predicted octanol–water partition coefficient (Wildman–Crippen LogP) is 1.93. The van der Waals surface area contributed by atoms with E-state index >= 15 is 0 Å². The van der Waals surface area contributed by atoms with Gasteiger partial charge in [0.05, 0.1) is 6.10 Å². The largest absolute Gasteiger partial charge is 0.378 e. The molecule has 1 unspecified atom stereocenters. The monoisotopic (exact) mass is 171 g/mol. The zero-order chi connectivity index (χ0) is 9.03. The smallest absolute Gasteiger partial charge is 0.0626 e. The van der Waals surface area contributed by atoms with Crippen molar-refractivity contribution >= 4 is 0 Å². The van der Waals surface area contributed by atoms with Crippen molar-refractivity contribution in [3.63, 3.8) is 0 Å². The van der Waals surface area contributed by atoms with Crippen LogP contribution in [0.1, 0.15) is 39.5 Å². The Kier molecular flexibility index (Phi) is 3.53. The molecule has 0 radical (unpaired) electrons. The van der Waals surface area contributed by atoms with E-state index in [4.69, 9.17) is 10.5 Å². The summed E-state index contributed by atoms with van der Waals surface area (Å²) in [6.45, 7) is 6.23. The van der Waals surface area contributed by atoms with Crippen LogP contribution in [0.15, 0.2) is 0 Å². The van der Waals surface area contributed by atoms with E-state index in [1.54, 1.807) is 0 Å². The summed E-state index contributed by atoms with van der Waals surface area (Å²) in [7, 11) is 0. The van der Waals surface area contributed by atoms with Crippen molar-refractivity contribution in [3.05, 3.63) is 0 Å². The fraction of sp³-hybridized carbons (Fsp3) is 1.00. The van der Waals surface area contributed by atoms with E-state index in [0.717, 1.165) is 19.6 Å². The Hall–Kier alpha value is -0.0800. The molecule has 2 nitrogen and oxygen atoms in total. The molecule has 0 saturated carbocycles. The summed E-state index contributed by atoms with van der Waals surface area (Å²) in [5.74, 6) is 0.